The number of anilines is 1. The van der Waals surface area contributed by atoms with E-state index in [1.807, 2.05) is 39.1 Å². The molecule has 0 aliphatic heterocycles. The van der Waals surface area contributed by atoms with Crippen LogP contribution in [0.3, 0.4) is 0 Å². The fraction of sp³-hybridized carbons (Fsp3) is 0.533. The number of hydrogen-bond acceptors (Lipinski definition) is 3. The number of nitrogens with zero attached hydrogens (tertiary/aromatic N) is 1. The second-order valence-electron chi connectivity index (χ2n) is 5.85. The Kier molecular flexibility index (Phi) is 5.09. The zero-order valence-electron chi connectivity index (χ0n) is 12.4. The summed E-state index contributed by atoms with van der Waals surface area (Å²) < 4.78 is 0. The van der Waals surface area contributed by atoms with Crippen LogP contribution in [0.4, 0.5) is 5.69 Å². The van der Waals surface area contributed by atoms with E-state index in [9.17, 15) is 9.90 Å². The van der Waals surface area contributed by atoms with Crippen LogP contribution in [0.15, 0.2) is 18.2 Å². The van der Waals surface area contributed by atoms with Crippen molar-refractivity contribution >= 4 is 11.6 Å². The Hall–Kier alpha value is -1.39. The summed E-state index contributed by atoms with van der Waals surface area (Å²) in [6.07, 6.45) is 0. The standard InChI is InChI=1S/C15H24N2O2/c1-11-6-7-12(2)13(8-11)16-14(18)9-17(5)10-15(3,4)19/h6-8,19H,9-10H2,1-5H3,(H,16,18). The Labute approximate surface area is 115 Å². The molecule has 1 aromatic carbocycles. The minimum atomic E-state index is -0.797. The lowest BCUT2D eigenvalue weighted by Crippen LogP contribution is -2.40. The maximum atomic E-state index is 11.9. The zero-order chi connectivity index (χ0) is 14.6. The highest BCUT2D eigenvalue weighted by atomic mass is 16.3. The van der Waals surface area contributed by atoms with Crippen molar-refractivity contribution in [3.63, 3.8) is 0 Å². The number of likely N-dealkylation sites (N-methyl/N-ethyl adjacent to an activating group) is 1. The number of carbonyl (C=O) groups excluding carboxylic acids is 1. The quantitative estimate of drug-likeness (QED) is 0.854. The first-order valence-corrected chi connectivity index (χ1v) is 6.45. The van der Waals surface area contributed by atoms with E-state index in [0.717, 1.165) is 16.8 Å². The van der Waals surface area contributed by atoms with Gasteiger partial charge in [0.05, 0.1) is 12.1 Å². The van der Waals surface area contributed by atoms with Gasteiger partial charge in [-0.1, -0.05) is 12.1 Å². The van der Waals surface area contributed by atoms with Gasteiger partial charge >= 0.3 is 0 Å². The lowest BCUT2D eigenvalue weighted by Gasteiger charge is -2.25. The third-order valence-corrected chi connectivity index (χ3v) is 2.74. The largest absolute Gasteiger partial charge is 0.389 e. The molecule has 0 saturated heterocycles. The van der Waals surface area contributed by atoms with Crippen molar-refractivity contribution < 1.29 is 9.90 Å². The molecule has 0 unspecified atom stereocenters. The highest BCUT2D eigenvalue weighted by Gasteiger charge is 2.17. The molecule has 0 atom stereocenters. The van der Waals surface area contributed by atoms with Crippen molar-refractivity contribution in [1.82, 2.24) is 4.90 Å². The van der Waals surface area contributed by atoms with E-state index in [1.165, 1.54) is 0 Å². The highest BCUT2D eigenvalue weighted by Crippen LogP contribution is 2.16. The summed E-state index contributed by atoms with van der Waals surface area (Å²) in [5, 5.41) is 12.6. The van der Waals surface area contributed by atoms with Gasteiger partial charge in [0, 0.05) is 12.2 Å². The van der Waals surface area contributed by atoms with E-state index in [4.69, 9.17) is 0 Å². The van der Waals surface area contributed by atoms with Crippen LogP contribution in [-0.2, 0) is 4.79 Å². The molecule has 0 fully saturated rings. The molecule has 0 aliphatic rings. The third-order valence-electron chi connectivity index (χ3n) is 2.74. The molecule has 0 saturated carbocycles. The molecule has 0 aromatic heterocycles. The van der Waals surface area contributed by atoms with Crippen LogP contribution < -0.4 is 5.32 Å². The number of carbonyl (C=O) groups is 1. The summed E-state index contributed by atoms with van der Waals surface area (Å²) in [6.45, 7) is 8.13. The van der Waals surface area contributed by atoms with Gasteiger partial charge in [-0.05, 0) is 51.9 Å². The fourth-order valence-corrected chi connectivity index (χ4v) is 2.02. The Bertz CT molecular complexity index is 450. The predicted octanol–water partition coefficient (Wildman–Crippen LogP) is 1.94. The number of aliphatic hydroxyl groups is 1. The van der Waals surface area contributed by atoms with E-state index in [0.29, 0.717) is 6.54 Å². The van der Waals surface area contributed by atoms with Gasteiger partial charge in [-0.3, -0.25) is 9.69 Å². The second-order valence-corrected chi connectivity index (χ2v) is 5.85. The fourth-order valence-electron chi connectivity index (χ4n) is 2.02. The summed E-state index contributed by atoms with van der Waals surface area (Å²) in [7, 11) is 1.82. The number of rotatable bonds is 5. The molecule has 1 rings (SSSR count). The second kappa shape index (κ2) is 6.17. The summed E-state index contributed by atoms with van der Waals surface area (Å²) in [5.74, 6) is -0.0690. The van der Waals surface area contributed by atoms with Crippen molar-refractivity contribution in [3.05, 3.63) is 29.3 Å². The minimum absolute atomic E-state index is 0.0690. The molecular formula is C15H24N2O2. The van der Waals surface area contributed by atoms with E-state index in [2.05, 4.69) is 5.32 Å². The molecule has 19 heavy (non-hydrogen) atoms. The van der Waals surface area contributed by atoms with Gasteiger partial charge in [-0.15, -0.1) is 0 Å². The van der Waals surface area contributed by atoms with Crippen LogP contribution in [-0.4, -0.2) is 41.7 Å². The number of benzene rings is 1. The molecule has 0 heterocycles. The monoisotopic (exact) mass is 264 g/mol. The summed E-state index contributed by atoms with van der Waals surface area (Å²) in [6, 6.07) is 5.97. The number of aryl methyl sites for hydroxylation is 2. The molecule has 0 radical (unpaired) electrons. The molecule has 0 bridgehead atoms. The van der Waals surface area contributed by atoms with Gasteiger partial charge in [-0.2, -0.15) is 0 Å². The normalized spacial score (nSPS) is 11.7. The smallest absolute Gasteiger partial charge is 0.238 e. The van der Waals surface area contributed by atoms with Gasteiger partial charge in [0.1, 0.15) is 0 Å². The molecule has 2 N–H and O–H groups in total. The molecule has 4 nitrogen and oxygen atoms in total. The lowest BCUT2D eigenvalue weighted by atomic mass is 10.1. The van der Waals surface area contributed by atoms with Crippen LogP contribution in [0.25, 0.3) is 0 Å². The molecular weight excluding hydrogens is 240 g/mol. The van der Waals surface area contributed by atoms with Gasteiger partial charge in [0.25, 0.3) is 0 Å². The number of amides is 1. The third kappa shape index (κ3) is 5.85. The van der Waals surface area contributed by atoms with Crippen molar-refractivity contribution in [1.29, 1.82) is 0 Å². The average molecular weight is 264 g/mol. The van der Waals surface area contributed by atoms with Crippen molar-refractivity contribution in [2.45, 2.75) is 33.3 Å². The Morgan fingerprint density at radius 2 is 2.00 bits per heavy atom. The first-order valence-electron chi connectivity index (χ1n) is 6.45. The molecule has 1 aromatic rings. The van der Waals surface area contributed by atoms with E-state index in [1.54, 1.807) is 18.7 Å². The van der Waals surface area contributed by atoms with Crippen LogP contribution >= 0.6 is 0 Å². The Morgan fingerprint density at radius 1 is 1.37 bits per heavy atom. The topological polar surface area (TPSA) is 52.6 Å². The van der Waals surface area contributed by atoms with Crippen molar-refractivity contribution in [2.75, 3.05) is 25.5 Å². The minimum Gasteiger partial charge on any atom is -0.389 e. The Balaban J connectivity index is 2.58. The van der Waals surface area contributed by atoms with Gasteiger partial charge in [-0.25, -0.2) is 0 Å². The lowest BCUT2D eigenvalue weighted by molar-refractivity contribution is -0.117. The highest BCUT2D eigenvalue weighted by molar-refractivity contribution is 5.93. The van der Waals surface area contributed by atoms with Gasteiger partial charge in [0.15, 0.2) is 0 Å². The van der Waals surface area contributed by atoms with Crippen LogP contribution in [0, 0.1) is 13.8 Å². The Morgan fingerprint density at radius 3 is 2.58 bits per heavy atom. The SMILES string of the molecule is Cc1ccc(C)c(NC(=O)CN(C)CC(C)(C)O)c1. The molecule has 4 heteroatoms. The van der Waals surface area contributed by atoms with Gasteiger partial charge < -0.3 is 10.4 Å². The molecule has 1 amide bonds. The zero-order valence-corrected chi connectivity index (χ0v) is 12.4. The van der Waals surface area contributed by atoms with E-state index in [-0.39, 0.29) is 12.5 Å². The van der Waals surface area contributed by atoms with E-state index >= 15 is 0 Å². The summed E-state index contributed by atoms with van der Waals surface area (Å²) in [4.78, 5) is 13.7. The molecule has 0 aliphatic carbocycles. The van der Waals surface area contributed by atoms with Crippen LogP contribution in [0.2, 0.25) is 0 Å². The van der Waals surface area contributed by atoms with Crippen molar-refractivity contribution in [2.24, 2.45) is 0 Å². The maximum absolute atomic E-state index is 11.9. The maximum Gasteiger partial charge on any atom is 0.238 e. The number of hydrogen-bond donors (Lipinski definition) is 2. The van der Waals surface area contributed by atoms with Crippen LogP contribution in [0.1, 0.15) is 25.0 Å². The number of nitrogens with one attached hydrogen (secondary N) is 1. The van der Waals surface area contributed by atoms with Gasteiger partial charge in [0.2, 0.25) is 5.91 Å². The molecule has 0 spiro atoms. The summed E-state index contributed by atoms with van der Waals surface area (Å²) in [5.41, 5.74) is 2.21. The van der Waals surface area contributed by atoms with Crippen LogP contribution in [0.5, 0.6) is 0 Å². The summed E-state index contributed by atoms with van der Waals surface area (Å²) >= 11 is 0. The van der Waals surface area contributed by atoms with E-state index < -0.39 is 5.60 Å². The van der Waals surface area contributed by atoms with Crippen molar-refractivity contribution in [3.8, 4) is 0 Å². The predicted molar refractivity (Wildman–Crippen MR) is 78.3 cm³/mol. The first-order chi connectivity index (χ1) is 8.67. The molecule has 106 valence electrons. The average Bonchev–Trinajstić information content (AvgIpc) is 2.20. The first kappa shape index (κ1) is 15.7.